The number of hydrogen-bond acceptors (Lipinski definition) is 6. The highest BCUT2D eigenvalue weighted by atomic mass is 16.5. The van der Waals surface area contributed by atoms with Crippen molar-refractivity contribution in [3.63, 3.8) is 0 Å². The molecular weight excluding hydrogens is 268 g/mol. The molecule has 1 aromatic carbocycles. The van der Waals surface area contributed by atoms with E-state index in [1.165, 1.54) is 5.56 Å². The highest BCUT2D eigenvalue weighted by molar-refractivity contribution is 5.80. The molecule has 0 spiro atoms. The SMILES string of the molecule is NNc1nc(OCCCc2ccccc2)c2cn[nH]c2n1. The molecule has 7 nitrogen and oxygen atoms in total. The van der Waals surface area contributed by atoms with Gasteiger partial charge in [0.15, 0.2) is 5.65 Å². The minimum Gasteiger partial charge on any atom is -0.477 e. The van der Waals surface area contributed by atoms with Crippen molar-refractivity contribution in [1.82, 2.24) is 20.2 Å². The number of nitrogens with one attached hydrogen (secondary N) is 2. The first-order chi connectivity index (χ1) is 10.4. The van der Waals surface area contributed by atoms with Gasteiger partial charge in [-0.3, -0.25) is 10.5 Å². The van der Waals surface area contributed by atoms with Crippen molar-refractivity contribution in [2.24, 2.45) is 5.84 Å². The first kappa shape index (κ1) is 13.3. The summed E-state index contributed by atoms with van der Waals surface area (Å²) < 4.78 is 5.74. The number of aryl methyl sites for hydroxylation is 1. The second kappa shape index (κ2) is 6.19. The molecule has 2 heterocycles. The highest BCUT2D eigenvalue weighted by Gasteiger charge is 2.10. The number of aromatic nitrogens is 4. The van der Waals surface area contributed by atoms with Gasteiger partial charge in [-0.15, -0.1) is 0 Å². The fourth-order valence-corrected chi connectivity index (χ4v) is 2.07. The third-order valence-corrected chi connectivity index (χ3v) is 3.10. The van der Waals surface area contributed by atoms with E-state index in [2.05, 4.69) is 37.7 Å². The molecule has 0 fully saturated rings. The highest BCUT2D eigenvalue weighted by Crippen LogP contribution is 2.21. The van der Waals surface area contributed by atoms with E-state index in [4.69, 9.17) is 10.6 Å². The van der Waals surface area contributed by atoms with E-state index in [-0.39, 0.29) is 0 Å². The number of nitrogen functional groups attached to an aromatic ring is 1. The molecule has 0 saturated heterocycles. The summed E-state index contributed by atoms with van der Waals surface area (Å²) in [5.41, 5.74) is 4.30. The lowest BCUT2D eigenvalue weighted by Crippen LogP contribution is -2.11. The van der Waals surface area contributed by atoms with Gasteiger partial charge in [-0.1, -0.05) is 30.3 Å². The molecule has 2 aromatic heterocycles. The van der Waals surface area contributed by atoms with Crippen LogP contribution in [0.1, 0.15) is 12.0 Å². The summed E-state index contributed by atoms with van der Waals surface area (Å²) >= 11 is 0. The molecule has 0 amide bonds. The normalized spacial score (nSPS) is 10.7. The Kier molecular flexibility index (Phi) is 3.92. The fraction of sp³-hybridized carbons (Fsp3) is 0.214. The number of nitrogens with two attached hydrogens (primary N) is 1. The van der Waals surface area contributed by atoms with Gasteiger partial charge in [0, 0.05) is 0 Å². The molecule has 0 aliphatic rings. The maximum Gasteiger partial charge on any atom is 0.242 e. The number of hydrogen-bond donors (Lipinski definition) is 3. The maximum absolute atomic E-state index is 5.74. The molecule has 3 rings (SSSR count). The van der Waals surface area contributed by atoms with E-state index in [1.54, 1.807) is 6.20 Å². The van der Waals surface area contributed by atoms with Gasteiger partial charge in [0.25, 0.3) is 0 Å². The Bertz CT molecular complexity index is 712. The molecule has 0 aliphatic heterocycles. The summed E-state index contributed by atoms with van der Waals surface area (Å²) in [6.45, 7) is 0.566. The zero-order valence-electron chi connectivity index (χ0n) is 11.4. The first-order valence-electron chi connectivity index (χ1n) is 6.71. The molecule has 0 bridgehead atoms. The number of rotatable bonds is 6. The van der Waals surface area contributed by atoms with Crippen LogP contribution in [0.5, 0.6) is 5.88 Å². The largest absolute Gasteiger partial charge is 0.477 e. The second-order valence-corrected chi connectivity index (χ2v) is 4.57. The van der Waals surface area contributed by atoms with Gasteiger partial charge >= 0.3 is 0 Å². The lowest BCUT2D eigenvalue weighted by Gasteiger charge is -2.07. The number of hydrazine groups is 1. The Balaban J connectivity index is 1.63. The van der Waals surface area contributed by atoms with Crippen LogP contribution in [-0.4, -0.2) is 26.8 Å². The third-order valence-electron chi connectivity index (χ3n) is 3.10. The van der Waals surface area contributed by atoms with Crippen LogP contribution in [0.25, 0.3) is 11.0 Å². The maximum atomic E-state index is 5.74. The van der Waals surface area contributed by atoms with E-state index in [0.29, 0.717) is 24.1 Å². The van der Waals surface area contributed by atoms with Crippen LogP contribution in [-0.2, 0) is 6.42 Å². The molecular formula is C14H16N6O. The van der Waals surface area contributed by atoms with Crippen molar-refractivity contribution in [2.75, 3.05) is 12.0 Å². The standard InChI is InChI=1S/C14H16N6O/c15-19-14-17-12-11(9-16-20-12)13(18-14)21-8-4-7-10-5-2-1-3-6-10/h1-3,5-6,9H,4,7-8,15H2,(H2,16,17,18,19,20). The van der Waals surface area contributed by atoms with E-state index in [9.17, 15) is 0 Å². The number of fused-ring (bicyclic) bond motifs is 1. The Morgan fingerprint density at radius 2 is 2.05 bits per heavy atom. The molecule has 0 saturated carbocycles. The molecule has 0 unspecified atom stereocenters. The van der Waals surface area contributed by atoms with Crippen molar-refractivity contribution in [2.45, 2.75) is 12.8 Å². The molecule has 21 heavy (non-hydrogen) atoms. The van der Waals surface area contributed by atoms with Gasteiger partial charge in [-0.05, 0) is 18.4 Å². The predicted octanol–water partition coefficient (Wildman–Crippen LogP) is 1.65. The number of anilines is 1. The summed E-state index contributed by atoms with van der Waals surface area (Å²) in [5, 5.41) is 7.46. The van der Waals surface area contributed by atoms with E-state index < -0.39 is 0 Å². The molecule has 0 radical (unpaired) electrons. The number of ether oxygens (including phenoxy) is 1. The smallest absolute Gasteiger partial charge is 0.242 e. The van der Waals surface area contributed by atoms with Crippen LogP contribution < -0.4 is 16.0 Å². The first-order valence-corrected chi connectivity index (χ1v) is 6.71. The van der Waals surface area contributed by atoms with Crippen LogP contribution >= 0.6 is 0 Å². The van der Waals surface area contributed by atoms with Crippen molar-refractivity contribution in [3.8, 4) is 5.88 Å². The Morgan fingerprint density at radius 3 is 2.86 bits per heavy atom. The minimum absolute atomic E-state index is 0.296. The average molecular weight is 284 g/mol. The van der Waals surface area contributed by atoms with Crippen LogP contribution in [0, 0.1) is 0 Å². The second-order valence-electron chi connectivity index (χ2n) is 4.57. The van der Waals surface area contributed by atoms with Gasteiger partial charge in [0.2, 0.25) is 11.8 Å². The van der Waals surface area contributed by atoms with Crippen molar-refractivity contribution in [1.29, 1.82) is 0 Å². The van der Waals surface area contributed by atoms with E-state index in [1.807, 2.05) is 18.2 Å². The lowest BCUT2D eigenvalue weighted by atomic mass is 10.1. The van der Waals surface area contributed by atoms with Crippen molar-refractivity contribution in [3.05, 3.63) is 42.1 Å². The fourth-order valence-electron chi connectivity index (χ4n) is 2.07. The molecule has 4 N–H and O–H groups in total. The van der Waals surface area contributed by atoms with Crippen molar-refractivity contribution >= 4 is 17.0 Å². The van der Waals surface area contributed by atoms with Crippen LogP contribution in [0.4, 0.5) is 5.95 Å². The van der Waals surface area contributed by atoms with E-state index in [0.717, 1.165) is 18.2 Å². The van der Waals surface area contributed by atoms with Gasteiger partial charge in [-0.25, -0.2) is 5.84 Å². The predicted molar refractivity (Wildman–Crippen MR) is 79.8 cm³/mol. The summed E-state index contributed by atoms with van der Waals surface area (Å²) in [7, 11) is 0. The molecule has 0 atom stereocenters. The quantitative estimate of drug-likeness (QED) is 0.361. The topological polar surface area (TPSA) is 102 Å². The average Bonchev–Trinajstić information content (AvgIpc) is 3.00. The monoisotopic (exact) mass is 284 g/mol. The van der Waals surface area contributed by atoms with Gasteiger partial charge < -0.3 is 4.74 Å². The van der Waals surface area contributed by atoms with Gasteiger partial charge in [0.05, 0.1) is 12.8 Å². The lowest BCUT2D eigenvalue weighted by molar-refractivity contribution is 0.303. The van der Waals surface area contributed by atoms with Crippen LogP contribution in [0.3, 0.4) is 0 Å². The molecule has 3 aromatic rings. The molecule has 108 valence electrons. The number of benzene rings is 1. The van der Waals surface area contributed by atoms with Gasteiger partial charge in [-0.2, -0.15) is 15.1 Å². The summed E-state index contributed by atoms with van der Waals surface area (Å²) in [4.78, 5) is 8.35. The number of H-pyrrole nitrogens is 1. The van der Waals surface area contributed by atoms with Gasteiger partial charge in [0.1, 0.15) is 5.39 Å². The third kappa shape index (κ3) is 3.09. The summed E-state index contributed by atoms with van der Waals surface area (Å²) in [6, 6.07) is 10.3. The van der Waals surface area contributed by atoms with E-state index >= 15 is 0 Å². The summed E-state index contributed by atoms with van der Waals surface area (Å²) in [5.74, 6) is 6.12. The number of aromatic amines is 1. The zero-order valence-corrected chi connectivity index (χ0v) is 11.4. The Morgan fingerprint density at radius 1 is 1.19 bits per heavy atom. The van der Waals surface area contributed by atoms with Crippen molar-refractivity contribution < 1.29 is 4.74 Å². The zero-order chi connectivity index (χ0) is 14.5. The summed E-state index contributed by atoms with van der Waals surface area (Å²) in [6.07, 6.45) is 3.50. The Labute approximate surface area is 121 Å². The number of nitrogens with zero attached hydrogens (tertiary/aromatic N) is 3. The Hall–Kier alpha value is -2.67. The molecule has 7 heteroatoms. The molecule has 0 aliphatic carbocycles. The van der Waals surface area contributed by atoms with Crippen LogP contribution in [0.15, 0.2) is 36.5 Å². The van der Waals surface area contributed by atoms with Crippen LogP contribution in [0.2, 0.25) is 0 Å². The minimum atomic E-state index is 0.296.